The molecule has 2 aromatic rings. The summed E-state index contributed by atoms with van der Waals surface area (Å²) in [5, 5.41) is 2.87. The summed E-state index contributed by atoms with van der Waals surface area (Å²) in [6.07, 6.45) is 3.65. The largest absolute Gasteiger partial charge is 0.347 e. The molecule has 1 aromatic heterocycles. The topological polar surface area (TPSA) is 83.8 Å². The predicted molar refractivity (Wildman–Crippen MR) is 73.1 cm³/mol. The molecule has 5 nitrogen and oxygen atoms in total. The number of rotatable bonds is 5. The first kappa shape index (κ1) is 13.3. The fraction of sp³-hybridized carbons (Fsp3) is 0.286. The number of aromatic amines is 1. The molecule has 2 unspecified atom stereocenters. The minimum absolute atomic E-state index is 0.0831. The van der Waals surface area contributed by atoms with Crippen LogP contribution in [0.4, 0.5) is 0 Å². The van der Waals surface area contributed by atoms with E-state index in [0.29, 0.717) is 0 Å². The summed E-state index contributed by atoms with van der Waals surface area (Å²) in [4.78, 5) is 19.0. The number of aromatic nitrogens is 2. The highest BCUT2D eigenvalue weighted by Gasteiger charge is 2.15. The molecule has 0 radical (unpaired) electrons. The maximum atomic E-state index is 11.9. The molecule has 0 fully saturated rings. The second-order valence-corrected chi connectivity index (χ2v) is 4.48. The van der Waals surface area contributed by atoms with E-state index in [4.69, 9.17) is 5.73 Å². The monoisotopic (exact) mass is 258 g/mol. The fourth-order valence-corrected chi connectivity index (χ4v) is 1.90. The zero-order chi connectivity index (χ0) is 13.7. The van der Waals surface area contributed by atoms with Crippen LogP contribution in [-0.4, -0.2) is 15.9 Å². The van der Waals surface area contributed by atoms with Crippen LogP contribution in [0, 0.1) is 0 Å². The van der Waals surface area contributed by atoms with Crippen LogP contribution in [0.3, 0.4) is 0 Å². The Balaban J connectivity index is 1.88. The number of amides is 1. The second-order valence-electron chi connectivity index (χ2n) is 4.48. The van der Waals surface area contributed by atoms with Crippen LogP contribution in [0.15, 0.2) is 42.7 Å². The molecule has 0 aliphatic carbocycles. The first-order chi connectivity index (χ1) is 9.16. The van der Waals surface area contributed by atoms with Gasteiger partial charge in [0.25, 0.3) is 0 Å². The third-order valence-corrected chi connectivity index (χ3v) is 2.94. The molecule has 0 spiro atoms. The lowest BCUT2D eigenvalue weighted by molar-refractivity contribution is -0.122. The Labute approximate surface area is 112 Å². The number of carbonyl (C=O) groups excluding carboxylic acids is 1. The van der Waals surface area contributed by atoms with Crippen molar-refractivity contribution in [2.24, 2.45) is 5.73 Å². The van der Waals surface area contributed by atoms with Crippen molar-refractivity contribution in [3.8, 4) is 0 Å². The van der Waals surface area contributed by atoms with Crippen molar-refractivity contribution in [3.05, 3.63) is 54.1 Å². The highest BCUT2D eigenvalue weighted by Crippen LogP contribution is 2.14. The molecule has 0 saturated carbocycles. The summed E-state index contributed by atoms with van der Waals surface area (Å²) in [5.41, 5.74) is 6.97. The smallest absolute Gasteiger partial charge is 0.222 e. The minimum Gasteiger partial charge on any atom is -0.347 e. The van der Waals surface area contributed by atoms with Crippen molar-refractivity contribution < 1.29 is 4.79 Å². The molecular formula is C14H18N4O. The molecule has 0 bridgehead atoms. The number of hydrogen-bond acceptors (Lipinski definition) is 3. The third kappa shape index (κ3) is 3.66. The standard InChI is InChI=1S/C14H18N4O/c1-10(14-16-7-8-17-14)18-13(19)9-12(15)11-5-3-2-4-6-11/h2-8,10,12H,9,15H2,1H3,(H,16,17)(H,18,19). The van der Waals surface area contributed by atoms with Gasteiger partial charge in [-0.1, -0.05) is 30.3 Å². The van der Waals surface area contributed by atoms with Crippen LogP contribution in [0.2, 0.25) is 0 Å². The van der Waals surface area contributed by atoms with Gasteiger partial charge in [-0.3, -0.25) is 4.79 Å². The van der Waals surface area contributed by atoms with Gasteiger partial charge < -0.3 is 16.0 Å². The van der Waals surface area contributed by atoms with E-state index in [1.54, 1.807) is 12.4 Å². The lowest BCUT2D eigenvalue weighted by atomic mass is 10.0. The van der Waals surface area contributed by atoms with Crippen molar-refractivity contribution in [2.45, 2.75) is 25.4 Å². The molecule has 4 N–H and O–H groups in total. The summed E-state index contributed by atoms with van der Waals surface area (Å²) in [6.45, 7) is 1.88. The van der Waals surface area contributed by atoms with Gasteiger partial charge in [0.1, 0.15) is 5.82 Å². The van der Waals surface area contributed by atoms with Gasteiger partial charge >= 0.3 is 0 Å². The van der Waals surface area contributed by atoms with Crippen LogP contribution < -0.4 is 11.1 Å². The number of imidazole rings is 1. The van der Waals surface area contributed by atoms with Gasteiger partial charge in [0.15, 0.2) is 0 Å². The number of nitrogens with zero attached hydrogens (tertiary/aromatic N) is 1. The Bertz CT molecular complexity index is 510. The average Bonchev–Trinajstić information content (AvgIpc) is 2.93. The van der Waals surface area contributed by atoms with E-state index in [0.717, 1.165) is 11.4 Å². The molecule has 1 amide bonds. The van der Waals surface area contributed by atoms with Gasteiger partial charge in [-0.15, -0.1) is 0 Å². The van der Waals surface area contributed by atoms with E-state index in [2.05, 4.69) is 15.3 Å². The molecular weight excluding hydrogens is 240 g/mol. The number of benzene rings is 1. The lowest BCUT2D eigenvalue weighted by Gasteiger charge is -2.15. The minimum atomic E-state index is -0.287. The highest BCUT2D eigenvalue weighted by molar-refractivity contribution is 5.77. The molecule has 19 heavy (non-hydrogen) atoms. The number of carbonyl (C=O) groups is 1. The Morgan fingerprint density at radius 3 is 2.79 bits per heavy atom. The van der Waals surface area contributed by atoms with Gasteiger partial charge in [0.05, 0.1) is 6.04 Å². The van der Waals surface area contributed by atoms with Crippen LogP contribution >= 0.6 is 0 Å². The highest BCUT2D eigenvalue weighted by atomic mass is 16.1. The summed E-state index contributed by atoms with van der Waals surface area (Å²) < 4.78 is 0. The SMILES string of the molecule is CC(NC(=O)CC(N)c1ccccc1)c1ncc[nH]1. The fourth-order valence-electron chi connectivity index (χ4n) is 1.90. The molecule has 1 heterocycles. The van der Waals surface area contributed by atoms with Crippen molar-refractivity contribution in [1.29, 1.82) is 0 Å². The summed E-state index contributed by atoms with van der Waals surface area (Å²) in [6, 6.07) is 9.17. The predicted octanol–water partition coefficient (Wildman–Crippen LogP) is 1.68. The van der Waals surface area contributed by atoms with E-state index in [-0.39, 0.29) is 24.4 Å². The maximum absolute atomic E-state index is 11.9. The quantitative estimate of drug-likeness (QED) is 0.763. The second kappa shape index (κ2) is 6.15. The normalized spacial score (nSPS) is 13.8. The summed E-state index contributed by atoms with van der Waals surface area (Å²) >= 11 is 0. The van der Waals surface area contributed by atoms with Crippen LogP contribution in [0.1, 0.15) is 36.8 Å². The number of nitrogens with one attached hydrogen (secondary N) is 2. The van der Waals surface area contributed by atoms with E-state index in [1.165, 1.54) is 0 Å². The van der Waals surface area contributed by atoms with E-state index in [1.807, 2.05) is 37.3 Å². The van der Waals surface area contributed by atoms with Gasteiger partial charge in [-0.25, -0.2) is 4.98 Å². The average molecular weight is 258 g/mol. The van der Waals surface area contributed by atoms with Gasteiger partial charge in [-0.05, 0) is 12.5 Å². The van der Waals surface area contributed by atoms with Crippen molar-refractivity contribution >= 4 is 5.91 Å². The molecule has 0 aliphatic heterocycles. The zero-order valence-corrected chi connectivity index (χ0v) is 10.8. The Morgan fingerprint density at radius 2 is 2.16 bits per heavy atom. The Hall–Kier alpha value is -2.14. The van der Waals surface area contributed by atoms with Crippen molar-refractivity contribution in [1.82, 2.24) is 15.3 Å². The third-order valence-electron chi connectivity index (χ3n) is 2.94. The number of H-pyrrole nitrogens is 1. The summed E-state index contributed by atoms with van der Waals surface area (Å²) in [7, 11) is 0. The van der Waals surface area contributed by atoms with Crippen molar-refractivity contribution in [3.63, 3.8) is 0 Å². The molecule has 2 atom stereocenters. The van der Waals surface area contributed by atoms with Crippen molar-refractivity contribution in [2.75, 3.05) is 0 Å². The first-order valence-electron chi connectivity index (χ1n) is 6.26. The first-order valence-corrected chi connectivity index (χ1v) is 6.26. The number of nitrogens with two attached hydrogens (primary N) is 1. The Kier molecular flexibility index (Phi) is 4.30. The van der Waals surface area contributed by atoms with Crippen LogP contribution in [0.5, 0.6) is 0 Å². The molecule has 2 rings (SSSR count). The maximum Gasteiger partial charge on any atom is 0.222 e. The molecule has 1 aromatic carbocycles. The van der Waals surface area contributed by atoms with Crippen LogP contribution in [-0.2, 0) is 4.79 Å². The van der Waals surface area contributed by atoms with Gasteiger partial charge in [0.2, 0.25) is 5.91 Å². The van der Waals surface area contributed by atoms with Crippen LogP contribution in [0.25, 0.3) is 0 Å². The van der Waals surface area contributed by atoms with Gasteiger partial charge in [-0.2, -0.15) is 0 Å². The summed E-state index contributed by atoms with van der Waals surface area (Å²) in [5.74, 6) is 0.655. The zero-order valence-electron chi connectivity index (χ0n) is 10.8. The van der Waals surface area contributed by atoms with Gasteiger partial charge in [0, 0.05) is 24.9 Å². The number of hydrogen-bond donors (Lipinski definition) is 3. The molecule has 5 heteroatoms. The van der Waals surface area contributed by atoms with E-state index in [9.17, 15) is 4.79 Å². The molecule has 0 saturated heterocycles. The molecule has 100 valence electrons. The lowest BCUT2D eigenvalue weighted by Crippen LogP contribution is -2.30. The molecule has 0 aliphatic rings. The Morgan fingerprint density at radius 1 is 1.42 bits per heavy atom. The van der Waals surface area contributed by atoms with E-state index >= 15 is 0 Å². The van der Waals surface area contributed by atoms with E-state index < -0.39 is 0 Å².